The van der Waals surface area contributed by atoms with E-state index in [0.29, 0.717) is 5.92 Å². The highest BCUT2D eigenvalue weighted by molar-refractivity contribution is 5.32. The Morgan fingerprint density at radius 1 is 1.27 bits per heavy atom. The van der Waals surface area contributed by atoms with Crippen LogP contribution in [0.1, 0.15) is 44.3 Å². The molecule has 1 fully saturated rings. The molecule has 1 saturated carbocycles. The second-order valence-corrected chi connectivity index (χ2v) is 4.51. The fourth-order valence-electron chi connectivity index (χ4n) is 2.23. The Balaban J connectivity index is 2.08. The van der Waals surface area contributed by atoms with Gasteiger partial charge < -0.3 is 5.32 Å². The average molecular weight is 205 g/mol. The topological polar surface area (TPSA) is 37.8 Å². The fraction of sp³-hybridized carbons (Fsp3) is 0.667. The van der Waals surface area contributed by atoms with Crippen LogP contribution in [0, 0.1) is 5.92 Å². The van der Waals surface area contributed by atoms with Crippen molar-refractivity contribution in [1.82, 2.24) is 9.97 Å². The number of nitrogens with one attached hydrogen (secondary N) is 1. The molecule has 1 aliphatic rings. The summed E-state index contributed by atoms with van der Waals surface area (Å²) in [4.78, 5) is 8.90. The SMILES string of the molecule is CNc1ccnc(C2CCC(C)CC2)n1. The maximum atomic E-state index is 4.52. The predicted molar refractivity (Wildman–Crippen MR) is 62.0 cm³/mol. The number of nitrogens with zero attached hydrogens (tertiary/aromatic N) is 2. The summed E-state index contributed by atoms with van der Waals surface area (Å²) in [5.41, 5.74) is 0. The molecular formula is C12H19N3. The van der Waals surface area contributed by atoms with Crippen LogP contribution in [-0.2, 0) is 0 Å². The van der Waals surface area contributed by atoms with E-state index in [1.807, 2.05) is 19.3 Å². The molecule has 0 radical (unpaired) electrons. The summed E-state index contributed by atoms with van der Waals surface area (Å²) in [6, 6.07) is 1.91. The number of rotatable bonds is 2. The second kappa shape index (κ2) is 4.60. The predicted octanol–water partition coefficient (Wildman–Crippen LogP) is 2.81. The Labute approximate surface area is 91.3 Å². The number of hydrogen-bond donors (Lipinski definition) is 1. The first-order chi connectivity index (χ1) is 7.29. The van der Waals surface area contributed by atoms with Crippen molar-refractivity contribution in [1.29, 1.82) is 0 Å². The minimum absolute atomic E-state index is 0.578. The van der Waals surface area contributed by atoms with Gasteiger partial charge in [0.05, 0.1) is 0 Å². The molecule has 0 atom stereocenters. The zero-order valence-corrected chi connectivity index (χ0v) is 9.53. The molecule has 2 rings (SSSR count). The molecule has 15 heavy (non-hydrogen) atoms. The van der Waals surface area contributed by atoms with E-state index in [1.54, 1.807) is 0 Å². The summed E-state index contributed by atoms with van der Waals surface area (Å²) in [6.45, 7) is 2.33. The van der Waals surface area contributed by atoms with Gasteiger partial charge in [0.25, 0.3) is 0 Å². The summed E-state index contributed by atoms with van der Waals surface area (Å²) in [6.07, 6.45) is 6.98. The van der Waals surface area contributed by atoms with Crippen molar-refractivity contribution in [2.75, 3.05) is 12.4 Å². The molecule has 0 unspecified atom stereocenters. The van der Waals surface area contributed by atoms with Gasteiger partial charge in [0.1, 0.15) is 11.6 Å². The molecule has 1 aromatic rings. The minimum Gasteiger partial charge on any atom is -0.373 e. The first kappa shape index (κ1) is 10.4. The number of aromatic nitrogens is 2. The molecule has 0 saturated heterocycles. The molecule has 0 aromatic carbocycles. The molecule has 1 N–H and O–H groups in total. The van der Waals surface area contributed by atoms with Crippen molar-refractivity contribution in [2.45, 2.75) is 38.5 Å². The van der Waals surface area contributed by atoms with E-state index in [-0.39, 0.29) is 0 Å². The fourth-order valence-corrected chi connectivity index (χ4v) is 2.23. The Morgan fingerprint density at radius 3 is 2.67 bits per heavy atom. The second-order valence-electron chi connectivity index (χ2n) is 4.51. The molecule has 3 heteroatoms. The van der Waals surface area contributed by atoms with Gasteiger partial charge in [0.2, 0.25) is 0 Å². The molecule has 0 amide bonds. The maximum absolute atomic E-state index is 4.52. The van der Waals surface area contributed by atoms with E-state index in [4.69, 9.17) is 0 Å². The van der Waals surface area contributed by atoms with Crippen LogP contribution in [0.4, 0.5) is 5.82 Å². The summed E-state index contributed by atoms with van der Waals surface area (Å²) in [5, 5.41) is 3.06. The van der Waals surface area contributed by atoms with E-state index >= 15 is 0 Å². The van der Waals surface area contributed by atoms with Crippen LogP contribution in [0.2, 0.25) is 0 Å². The van der Waals surface area contributed by atoms with Crippen molar-refractivity contribution in [3.8, 4) is 0 Å². The Morgan fingerprint density at radius 2 is 2.00 bits per heavy atom. The van der Waals surface area contributed by atoms with Crippen molar-refractivity contribution >= 4 is 5.82 Å². The van der Waals surface area contributed by atoms with Crippen molar-refractivity contribution in [3.63, 3.8) is 0 Å². The molecule has 1 aliphatic carbocycles. The van der Waals surface area contributed by atoms with E-state index in [1.165, 1.54) is 25.7 Å². The first-order valence-corrected chi connectivity index (χ1v) is 5.80. The third-order valence-corrected chi connectivity index (χ3v) is 3.31. The van der Waals surface area contributed by atoms with E-state index in [0.717, 1.165) is 17.6 Å². The summed E-state index contributed by atoms with van der Waals surface area (Å²) in [7, 11) is 1.90. The Hall–Kier alpha value is -1.12. The summed E-state index contributed by atoms with van der Waals surface area (Å²) in [5.74, 6) is 3.41. The lowest BCUT2D eigenvalue weighted by molar-refractivity contribution is 0.340. The van der Waals surface area contributed by atoms with Crippen LogP contribution < -0.4 is 5.32 Å². The Kier molecular flexibility index (Phi) is 3.19. The largest absolute Gasteiger partial charge is 0.373 e. The van der Waals surface area contributed by atoms with Crippen molar-refractivity contribution < 1.29 is 0 Å². The van der Waals surface area contributed by atoms with Crippen LogP contribution in [0.5, 0.6) is 0 Å². The maximum Gasteiger partial charge on any atom is 0.133 e. The standard InChI is InChI=1S/C12H19N3/c1-9-3-5-10(6-4-9)12-14-8-7-11(13-2)15-12/h7-10H,3-6H2,1-2H3,(H,13,14,15). The molecule has 0 aliphatic heterocycles. The highest BCUT2D eigenvalue weighted by Gasteiger charge is 2.21. The molecule has 1 heterocycles. The van der Waals surface area contributed by atoms with Gasteiger partial charge in [0.15, 0.2) is 0 Å². The molecule has 0 bridgehead atoms. The lowest BCUT2D eigenvalue weighted by atomic mass is 9.82. The number of anilines is 1. The summed E-state index contributed by atoms with van der Waals surface area (Å²) >= 11 is 0. The van der Waals surface area contributed by atoms with Crippen molar-refractivity contribution in [3.05, 3.63) is 18.1 Å². The third-order valence-electron chi connectivity index (χ3n) is 3.31. The Bertz CT molecular complexity index is 316. The van der Waals surface area contributed by atoms with Crippen molar-refractivity contribution in [2.24, 2.45) is 5.92 Å². The third kappa shape index (κ3) is 2.46. The van der Waals surface area contributed by atoms with Gasteiger partial charge in [-0.25, -0.2) is 9.97 Å². The van der Waals surface area contributed by atoms with Gasteiger partial charge in [-0.05, 0) is 24.8 Å². The van der Waals surface area contributed by atoms with Crippen LogP contribution in [0.25, 0.3) is 0 Å². The number of hydrogen-bond acceptors (Lipinski definition) is 3. The lowest BCUT2D eigenvalue weighted by Gasteiger charge is -2.25. The molecule has 1 aromatic heterocycles. The van der Waals surface area contributed by atoms with Crippen LogP contribution >= 0.6 is 0 Å². The normalized spacial score (nSPS) is 26.3. The minimum atomic E-state index is 0.578. The smallest absolute Gasteiger partial charge is 0.133 e. The molecule has 0 spiro atoms. The highest BCUT2D eigenvalue weighted by atomic mass is 15.0. The quantitative estimate of drug-likeness (QED) is 0.806. The van der Waals surface area contributed by atoms with E-state index in [2.05, 4.69) is 22.2 Å². The zero-order chi connectivity index (χ0) is 10.7. The van der Waals surface area contributed by atoms with Crippen LogP contribution in [0.15, 0.2) is 12.3 Å². The van der Waals surface area contributed by atoms with E-state index in [9.17, 15) is 0 Å². The molecule has 3 nitrogen and oxygen atoms in total. The van der Waals surface area contributed by atoms with Gasteiger partial charge in [-0.15, -0.1) is 0 Å². The van der Waals surface area contributed by atoms with Gasteiger partial charge >= 0.3 is 0 Å². The first-order valence-electron chi connectivity index (χ1n) is 5.80. The van der Waals surface area contributed by atoms with Gasteiger partial charge in [0, 0.05) is 19.2 Å². The van der Waals surface area contributed by atoms with Crippen LogP contribution in [0.3, 0.4) is 0 Å². The van der Waals surface area contributed by atoms with Crippen LogP contribution in [-0.4, -0.2) is 17.0 Å². The van der Waals surface area contributed by atoms with Gasteiger partial charge in [-0.1, -0.05) is 19.8 Å². The monoisotopic (exact) mass is 205 g/mol. The van der Waals surface area contributed by atoms with E-state index < -0.39 is 0 Å². The lowest BCUT2D eigenvalue weighted by Crippen LogP contribution is -2.13. The molecular weight excluding hydrogens is 186 g/mol. The highest BCUT2D eigenvalue weighted by Crippen LogP contribution is 2.33. The van der Waals surface area contributed by atoms with Gasteiger partial charge in [-0.2, -0.15) is 0 Å². The van der Waals surface area contributed by atoms with Gasteiger partial charge in [-0.3, -0.25) is 0 Å². The summed E-state index contributed by atoms with van der Waals surface area (Å²) < 4.78 is 0. The average Bonchev–Trinajstić information content (AvgIpc) is 2.30. The zero-order valence-electron chi connectivity index (χ0n) is 9.53. The molecule has 82 valence electrons.